The van der Waals surface area contributed by atoms with Crippen LogP contribution in [0.15, 0.2) is 18.2 Å². The third-order valence-electron chi connectivity index (χ3n) is 3.93. The number of rotatable bonds is 4. The monoisotopic (exact) mass is 289 g/mol. The predicted octanol–water partition coefficient (Wildman–Crippen LogP) is 4.34. The summed E-state index contributed by atoms with van der Waals surface area (Å²) in [4.78, 5) is 0. The molecule has 1 saturated carbocycles. The number of alkyl halides is 3. The molecule has 112 valence electrons. The Kier molecular flexibility index (Phi) is 4.37. The zero-order valence-electron chi connectivity index (χ0n) is 11.6. The van der Waals surface area contributed by atoms with Gasteiger partial charge < -0.3 is 5.32 Å². The van der Waals surface area contributed by atoms with Crippen LogP contribution in [0, 0.1) is 11.7 Å². The second-order valence-corrected chi connectivity index (χ2v) is 5.74. The van der Waals surface area contributed by atoms with Crippen molar-refractivity contribution in [1.29, 1.82) is 0 Å². The first-order valence-electron chi connectivity index (χ1n) is 6.89. The molecule has 2 rings (SSSR count). The van der Waals surface area contributed by atoms with Crippen molar-refractivity contribution in [2.24, 2.45) is 5.92 Å². The quantitative estimate of drug-likeness (QED) is 0.813. The highest BCUT2D eigenvalue weighted by Crippen LogP contribution is 2.43. The fourth-order valence-electron chi connectivity index (χ4n) is 2.63. The zero-order valence-corrected chi connectivity index (χ0v) is 11.6. The van der Waals surface area contributed by atoms with Gasteiger partial charge in [-0.25, -0.2) is 4.39 Å². The van der Waals surface area contributed by atoms with Gasteiger partial charge in [0.2, 0.25) is 0 Å². The number of hydrogen-bond donors (Lipinski definition) is 1. The number of halogens is 4. The predicted molar refractivity (Wildman–Crippen MR) is 70.0 cm³/mol. The SMILES string of the molecule is CC(C)NCC1CCC1c1ccc(C(F)(F)F)c(F)c1. The van der Waals surface area contributed by atoms with Crippen molar-refractivity contribution in [3.05, 3.63) is 35.1 Å². The van der Waals surface area contributed by atoms with Crippen LogP contribution in [-0.2, 0) is 6.18 Å². The molecule has 0 bridgehead atoms. The summed E-state index contributed by atoms with van der Waals surface area (Å²) in [6.07, 6.45) is -2.68. The van der Waals surface area contributed by atoms with Crippen LogP contribution >= 0.6 is 0 Å². The molecule has 0 aliphatic heterocycles. The maximum Gasteiger partial charge on any atom is 0.419 e. The molecule has 2 atom stereocenters. The Hall–Kier alpha value is -1.10. The zero-order chi connectivity index (χ0) is 14.9. The van der Waals surface area contributed by atoms with Gasteiger partial charge in [0.1, 0.15) is 5.82 Å². The van der Waals surface area contributed by atoms with Crippen molar-refractivity contribution in [2.45, 2.75) is 44.8 Å². The molecule has 1 fully saturated rings. The number of benzene rings is 1. The van der Waals surface area contributed by atoms with Crippen molar-refractivity contribution in [3.8, 4) is 0 Å². The van der Waals surface area contributed by atoms with Crippen LogP contribution < -0.4 is 5.32 Å². The molecule has 1 aliphatic carbocycles. The van der Waals surface area contributed by atoms with Crippen LogP contribution in [0.2, 0.25) is 0 Å². The molecule has 1 aromatic rings. The molecule has 0 aromatic heterocycles. The van der Waals surface area contributed by atoms with E-state index in [0.717, 1.165) is 31.5 Å². The summed E-state index contributed by atoms with van der Waals surface area (Å²) in [5.41, 5.74) is -0.505. The molecule has 0 amide bonds. The van der Waals surface area contributed by atoms with E-state index in [1.54, 1.807) is 0 Å². The first-order valence-corrected chi connectivity index (χ1v) is 6.89. The highest BCUT2D eigenvalue weighted by molar-refractivity contribution is 5.30. The molecule has 1 N–H and O–H groups in total. The minimum absolute atomic E-state index is 0.165. The molecule has 20 heavy (non-hydrogen) atoms. The third kappa shape index (κ3) is 3.32. The topological polar surface area (TPSA) is 12.0 Å². The average molecular weight is 289 g/mol. The standard InChI is InChI=1S/C15H19F4N/c1-9(2)20-8-11-3-5-12(11)10-4-6-13(14(16)7-10)15(17,18)19/h4,6-7,9,11-12,20H,3,5,8H2,1-2H3. The molecular weight excluding hydrogens is 270 g/mol. The summed E-state index contributed by atoms with van der Waals surface area (Å²) >= 11 is 0. The fraction of sp³-hybridized carbons (Fsp3) is 0.600. The van der Waals surface area contributed by atoms with Gasteiger partial charge in [0.05, 0.1) is 5.56 Å². The molecule has 0 heterocycles. The summed E-state index contributed by atoms with van der Waals surface area (Å²) < 4.78 is 51.1. The number of nitrogens with one attached hydrogen (secondary N) is 1. The van der Waals surface area contributed by atoms with Crippen molar-refractivity contribution in [3.63, 3.8) is 0 Å². The Balaban J connectivity index is 2.08. The summed E-state index contributed by atoms with van der Waals surface area (Å²) in [5.74, 6) is -0.621. The van der Waals surface area contributed by atoms with Crippen LogP contribution in [0.4, 0.5) is 17.6 Å². The lowest BCUT2D eigenvalue weighted by Gasteiger charge is -2.38. The van der Waals surface area contributed by atoms with E-state index < -0.39 is 17.6 Å². The van der Waals surface area contributed by atoms with Gasteiger partial charge >= 0.3 is 6.18 Å². The van der Waals surface area contributed by atoms with E-state index in [4.69, 9.17) is 0 Å². The fourth-order valence-corrected chi connectivity index (χ4v) is 2.63. The van der Waals surface area contributed by atoms with Crippen molar-refractivity contribution >= 4 is 0 Å². The molecule has 0 radical (unpaired) electrons. The van der Waals surface area contributed by atoms with Gasteiger partial charge in [-0.1, -0.05) is 19.9 Å². The van der Waals surface area contributed by atoms with Crippen molar-refractivity contribution in [1.82, 2.24) is 5.32 Å². The molecule has 1 aliphatic rings. The lowest BCUT2D eigenvalue weighted by atomic mass is 9.70. The van der Waals surface area contributed by atoms with Gasteiger partial charge in [-0.3, -0.25) is 0 Å². The first kappa shape index (κ1) is 15.3. The molecule has 0 saturated heterocycles. The minimum Gasteiger partial charge on any atom is -0.314 e. The summed E-state index contributed by atoms with van der Waals surface area (Å²) in [6.45, 7) is 4.92. The van der Waals surface area contributed by atoms with Crippen LogP contribution in [0.3, 0.4) is 0 Å². The van der Waals surface area contributed by atoms with E-state index in [-0.39, 0.29) is 5.92 Å². The largest absolute Gasteiger partial charge is 0.419 e. The van der Waals surface area contributed by atoms with E-state index in [0.29, 0.717) is 17.5 Å². The maximum atomic E-state index is 13.6. The molecular formula is C15H19F4N. The average Bonchev–Trinajstić information content (AvgIpc) is 2.25. The van der Waals surface area contributed by atoms with E-state index in [9.17, 15) is 17.6 Å². The highest BCUT2D eigenvalue weighted by Gasteiger charge is 2.36. The third-order valence-corrected chi connectivity index (χ3v) is 3.93. The van der Waals surface area contributed by atoms with Crippen LogP contribution in [0.25, 0.3) is 0 Å². The van der Waals surface area contributed by atoms with Crippen LogP contribution in [0.1, 0.15) is 43.7 Å². The molecule has 5 heteroatoms. The Bertz CT molecular complexity index is 467. The Morgan fingerprint density at radius 1 is 1.25 bits per heavy atom. The van der Waals surface area contributed by atoms with Gasteiger partial charge in [-0.15, -0.1) is 0 Å². The van der Waals surface area contributed by atoms with Gasteiger partial charge in [0.25, 0.3) is 0 Å². The minimum atomic E-state index is -4.62. The van der Waals surface area contributed by atoms with Gasteiger partial charge in [-0.2, -0.15) is 13.2 Å². The van der Waals surface area contributed by atoms with Gasteiger partial charge in [0.15, 0.2) is 0 Å². The van der Waals surface area contributed by atoms with Crippen LogP contribution in [0.5, 0.6) is 0 Å². The van der Waals surface area contributed by atoms with Gasteiger partial charge in [0, 0.05) is 6.04 Å². The molecule has 2 unspecified atom stereocenters. The normalized spacial score (nSPS) is 22.9. The molecule has 0 spiro atoms. The summed E-state index contributed by atoms with van der Waals surface area (Å²) in [5, 5.41) is 3.32. The first-order chi connectivity index (χ1) is 9.29. The summed E-state index contributed by atoms with van der Waals surface area (Å²) in [6, 6.07) is 3.70. The van der Waals surface area contributed by atoms with E-state index in [1.165, 1.54) is 6.07 Å². The second kappa shape index (κ2) is 5.72. The highest BCUT2D eigenvalue weighted by atomic mass is 19.4. The molecule has 1 nitrogen and oxygen atoms in total. The Labute approximate surface area is 116 Å². The Morgan fingerprint density at radius 2 is 1.95 bits per heavy atom. The Morgan fingerprint density at radius 3 is 2.40 bits per heavy atom. The van der Waals surface area contributed by atoms with E-state index in [2.05, 4.69) is 5.32 Å². The van der Waals surface area contributed by atoms with Gasteiger partial charge in [-0.05, 0) is 48.9 Å². The smallest absolute Gasteiger partial charge is 0.314 e. The van der Waals surface area contributed by atoms with E-state index >= 15 is 0 Å². The number of hydrogen-bond acceptors (Lipinski definition) is 1. The lowest BCUT2D eigenvalue weighted by molar-refractivity contribution is -0.140. The maximum absolute atomic E-state index is 13.6. The van der Waals surface area contributed by atoms with Crippen molar-refractivity contribution < 1.29 is 17.6 Å². The summed E-state index contributed by atoms with van der Waals surface area (Å²) in [7, 11) is 0. The van der Waals surface area contributed by atoms with E-state index in [1.807, 2.05) is 13.8 Å². The van der Waals surface area contributed by atoms with Crippen molar-refractivity contribution in [2.75, 3.05) is 6.54 Å². The van der Waals surface area contributed by atoms with Crippen LogP contribution in [-0.4, -0.2) is 12.6 Å². The molecule has 1 aromatic carbocycles. The second-order valence-electron chi connectivity index (χ2n) is 5.74. The lowest BCUT2D eigenvalue weighted by Crippen LogP contribution is -2.36.